The Kier molecular flexibility index (Phi) is 5.69. The summed E-state index contributed by atoms with van der Waals surface area (Å²) in [4.78, 5) is 15.8. The van der Waals surface area contributed by atoms with Gasteiger partial charge in [0.2, 0.25) is 5.91 Å². The van der Waals surface area contributed by atoms with Crippen LogP contribution >= 0.6 is 0 Å². The number of amides is 1. The summed E-state index contributed by atoms with van der Waals surface area (Å²) < 4.78 is 1.86. The van der Waals surface area contributed by atoms with Crippen molar-refractivity contribution in [3.05, 3.63) is 18.7 Å². The van der Waals surface area contributed by atoms with E-state index in [1.807, 2.05) is 17.7 Å². The number of hydrogen-bond acceptors (Lipinski definition) is 4. The van der Waals surface area contributed by atoms with E-state index in [9.17, 15) is 4.79 Å². The lowest BCUT2D eigenvalue weighted by atomic mass is 10.0. The Morgan fingerprint density at radius 3 is 3.00 bits per heavy atom. The molecule has 0 aliphatic rings. The highest BCUT2D eigenvalue weighted by molar-refractivity contribution is 6.01. The second kappa shape index (κ2) is 7.31. The zero-order chi connectivity index (χ0) is 13.4. The van der Waals surface area contributed by atoms with Crippen LogP contribution in [-0.4, -0.2) is 33.0 Å². The predicted octanol–water partition coefficient (Wildman–Crippen LogP) is 0.162. The smallest absolute Gasteiger partial charge is 0.230 e. The maximum Gasteiger partial charge on any atom is 0.230 e. The minimum Gasteiger partial charge on any atom is -0.409 e. The van der Waals surface area contributed by atoms with Crippen LogP contribution in [0.4, 0.5) is 0 Å². The molecule has 0 radical (unpaired) electrons. The van der Waals surface area contributed by atoms with E-state index in [4.69, 9.17) is 10.9 Å². The number of amidine groups is 1. The molecule has 7 heteroatoms. The third kappa shape index (κ3) is 4.08. The number of nitrogens with zero attached hydrogens (tertiary/aromatic N) is 3. The van der Waals surface area contributed by atoms with Gasteiger partial charge in [0, 0.05) is 25.5 Å². The summed E-state index contributed by atoms with van der Waals surface area (Å²) in [5.41, 5.74) is 5.49. The zero-order valence-corrected chi connectivity index (χ0v) is 10.4. The highest BCUT2D eigenvalue weighted by Gasteiger charge is 2.21. The molecule has 1 aromatic heterocycles. The van der Waals surface area contributed by atoms with E-state index in [1.165, 1.54) is 0 Å². The Bertz CT molecular complexity index is 388. The van der Waals surface area contributed by atoms with Crippen LogP contribution in [0.25, 0.3) is 0 Å². The van der Waals surface area contributed by atoms with Gasteiger partial charge in [0.25, 0.3) is 0 Å². The van der Waals surface area contributed by atoms with Crippen LogP contribution in [-0.2, 0) is 11.3 Å². The summed E-state index contributed by atoms with van der Waals surface area (Å²) >= 11 is 0. The molecule has 4 N–H and O–H groups in total. The highest BCUT2D eigenvalue weighted by Crippen LogP contribution is 2.06. The third-order valence-corrected chi connectivity index (χ3v) is 2.59. The fourth-order valence-electron chi connectivity index (χ4n) is 1.62. The van der Waals surface area contributed by atoms with E-state index in [2.05, 4.69) is 15.5 Å². The van der Waals surface area contributed by atoms with E-state index >= 15 is 0 Å². The van der Waals surface area contributed by atoms with Crippen molar-refractivity contribution in [1.82, 2.24) is 14.9 Å². The maximum absolute atomic E-state index is 11.9. The van der Waals surface area contributed by atoms with Crippen molar-refractivity contribution in [2.24, 2.45) is 16.8 Å². The molecule has 0 saturated heterocycles. The first kappa shape index (κ1) is 14.0. The Labute approximate surface area is 106 Å². The number of carbonyl (C=O) groups excluding carboxylic acids is 1. The van der Waals surface area contributed by atoms with Crippen molar-refractivity contribution < 1.29 is 10.0 Å². The average Bonchev–Trinajstić information content (AvgIpc) is 2.88. The van der Waals surface area contributed by atoms with Gasteiger partial charge < -0.3 is 20.8 Å². The first-order valence-electron chi connectivity index (χ1n) is 5.90. The first-order chi connectivity index (χ1) is 8.69. The highest BCUT2D eigenvalue weighted by atomic mass is 16.4. The molecule has 7 nitrogen and oxygen atoms in total. The summed E-state index contributed by atoms with van der Waals surface area (Å²) in [6, 6.07) is 0. The number of nitrogens with one attached hydrogen (secondary N) is 1. The fraction of sp³-hybridized carbons (Fsp3) is 0.545. The molecule has 100 valence electrons. The lowest BCUT2D eigenvalue weighted by Gasteiger charge is -2.14. The van der Waals surface area contributed by atoms with Crippen molar-refractivity contribution in [2.75, 3.05) is 6.54 Å². The molecule has 1 heterocycles. The zero-order valence-electron chi connectivity index (χ0n) is 10.4. The molecule has 18 heavy (non-hydrogen) atoms. The van der Waals surface area contributed by atoms with Crippen molar-refractivity contribution >= 4 is 11.7 Å². The molecule has 1 aromatic rings. The minimum absolute atomic E-state index is 0.0445. The molecule has 0 saturated carbocycles. The molecule has 0 bridgehead atoms. The Hall–Kier alpha value is -2.05. The Balaban J connectivity index is 2.41. The van der Waals surface area contributed by atoms with Gasteiger partial charge in [0.15, 0.2) is 5.84 Å². The SMILES string of the molecule is CCCC(C(=O)NCCn1ccnc1)C(N)=NO. The van der Waals surface area contributed by atoms with Crippen molar-refractivity contribution in [3.8, 4) is 0 Å². The second-order valence-electron chi connectivity index (χ2n) is 3.96. The number of nitrogens with two attached hydrogens (primary N) is 1. The quantitative estimate of drug-likeness (QED) is 0.278. The van der Waals surface area contributed by atoms with E-state index in [0.29, 0.717) is 19.5 Å². The molecule has 1 amide bonds. The van der Waals surface area contributed by atoms with Gasteiger partial charge in [-0.25, -0.2) is 4.98 Å². The van der Waals surface area contributed by atoms with Crippen LogP contribution in [0.3, 0.4) is 0 Å². The molecule has 0 aromatic carbocycles. The van der Waals surface area contributed by atoms with Crippen LogP contribution in [0.5, 0.6) is 0 Å². The van der Waals surface area contributed by atoms with Gasteiger partial charge in [0.05, 0.1) is 12.2 Å². The Morgan fingerprint density at radius 1 is 1.67 bits per heavy atom. The molecule has 1 atom stereocenters. The maximum atomic E-state index is 11.9. The summed E-state index contributed by atoms with van der Waals surface area (Å²) in [7, 11) is 0. The van der Waals surface area contributed by atoms with Gasteiger partial charge in [-0.05, 0) is 6.42 Å². The summed E-state index contributed by atoms with van der Waals surface area (Å²) in [6.07, 6.45) is 6.53. The predicted molar refractivity (Wildman–Crippen MR) is 67.0 cm³/mol. The van der Waals surface area contributed by atoms with Gasteiger partial charge >= 0.3 is 0 Å². The second-order valence-corrected chi connectivity index (χ2v) is 3.96. The summed E-state index contributed by atoms with van der Waals surface area (Å²) in [6.45, 7) is 3.06. The first-order valence-corrected chi connectivity index (χ1v) is 5.90. The number of hydrogen-bond donors (Lipinski definition) is 3. The molecule has 0 aliphatic heterocycles. The minimum atomic E-state index is -0.567. The van der Waals surface area contributed by atoms with Gasteiger partial charge in [-0.3, -0.25) is 4.79 Å². The van der Waals surface area contributed by atoms with Crippen molar-refractivity contribution in [1.29, 1.82) is 0 Å². The van der Waals surface area contributed by atoms with E-state index in [-0.39, 0.29) is 11.7 Å². The van der Waals surface area contributed by atoms with Gasteiger partial charge in [-0.15, -0.1) is 0 Å². The Morgan fingerprint density at radius 2 is 2.44 bits per heavy atom. The van der Waals surface area contributed by atoms with Gasteiger partial charge in [-0.1, -0.05) is 18.5 Å². The lowest BCUT2D eigenvalue weighted by molar-refractivity contribution is -0.123. The van der Waals surface area contributed by atoms with Gasteiger partial charge in [0.1, 0.15) is 0 Å². The van der Waals surface area contributed by atoms with E-state index in [1.54, 1.807) is 12.5 Å². The average molecular weight is 253 g/mol. The number of aromatic nitrogens is 2. The fourth-order valence-corrected chi connectivity index (χ4v) is 1.62. The van der Waals surface area contributed by atoms with Crippen LogP contribution in [0, 0.1) is 5.92 Å². The molecule has 0 fully saturated rings. The third-order valence-electron chi connectivity index (χ3n) is 2.59. The number of oxime groups is 1. The number of imidazole rings is 1. The number of carbonyl (C=O) groups is 1. The van der Waals surface area contributed by atoms with Crippen molar-refractivity contribution in [2.45, 2.75) is 26.3 Å². The van der Waals surface area contributed by atoms with Crippen LogP contribution < -0.4 is 11.1 Å². The molecular formula is C11H19N5O2. The molecule has 1 unspecified atom stereocenters. The van der Waals surface area contributed by atoms with E-state index in [0.717, 1.165) is 6.42 Å². The number of rotatable bonds is 7. The molecule has 1 rings (SSSR count). The molecule has 0 aliphatic carbocycles. The standard InChI is InChI=1S/C11H19N5O2/c1-2-3-9(10(12)15-18)11(17)14-5-7-16-6-4-13-8-16/h4,6,8-9,18H,2-3,5,7H2,1H3,(H2,12,15)(H,14,17). The molecule has 0 spiro atoms. The van der Waals surface area contributed by atoms with Crippen molar-refractivity contribution in [3.63, 3.8) is 0 Å². The summed E-state index contributed by atoms with van der Waals surface area (Å²) in [5.74, 6) is -0.827. The van der Waals surface area contributed by atoms with E-state index < -0.39 is 5.92 Å². The summed E-state index contributed by atoms with van der Waals surface area (Å²) in [5, 5.41) is 14.3. The van der Waals surface area contributed by atoms with Crippen LogP contribution in [0.2, 0.25) is 0 Å². The normalized spacial score (nSPS) is 13.3. The topological polar surface area (TPSA) is 106 Å². The largest absolute Gasteiger partial charge is 0.409 e. The molecular weight excluding hydrogens is 234 g/mol. The van der Waals surface area contributed by atoms with Crippen LogP contribution in [0.15, 0.2) is 23.9 Å². The monoisotopic (exact) mass is 253 g/mol. The van der Waals surface area contributed by atoms with Gasteiger partial charge in [-0.2, -0.15) is 0 Å². The lowest BCUT2D eigenvalue weighted by Crippen LogP contribution is -2.40. The van der Waals surface area contributed by atoms with Crippen LogP contribution in [0.1, 0.15) is 19.8 Å².